The Morgan fingerprint density at radius 2 is 2.00 bits per heavy atom. The summed E-state index contributed by atoms with van der Waals surface area (Å²) in [5, 5.41) is 6.17. The van der Waals surface area contributed by atoms with Gasteiger partial charge in [0.1, 0.15) is 10.9 Å². The maximum atomic E-state index is 12.4. The number of allylic oxidation sites excluding steroid dienone is 1. The summed E-state index contributed by atoms with van der Waals surface area (Å²) < 4.78 is 5.04. The molecule has 0 saturated carbocycles. The average Bonchev–Trinajstić information content (AvgIpc) is 2.57. The van der Waals surface area contributed by atoms with E-state index in [0.717, 1.165) is 30.5 Å². The van der Waals surface area contributed by atoms with Crippen molar-refractivity contribution >= 4 is 23.6 Å². The minimum absolute atomic E-state index is 0.000129. The van der Waals surface area contributed by atoms with Gasteiger partial charge in [-0.2, -0.15) is 0 Å². The molecule has 0 bridgehead atoms. The van der Waals surface area contributed by atoms with Crippen LogP contribution < -0.4 is 10.6 Å². The van der Waals surface area contributed by atoms with Crippen molar-refractivity contribution in [1.29, 1.82) is 0 Å². The van der Waals surface area contributed by atoms with Crippen LogP contribution in [0.25, 0.3) is 0 Å². The SMILES string of the molecule is CCOC(=O)C1=C(C)N[C@H](C(=O)NCCCN2C[C@H](C)C[C@H](C)C2)CS1. The topological polar surface area (TPSA) is 70.7 Å². The molecule has 0 aromatic heterocycles. The van der Waals surface area contributed by atoms with Crippen molar-refractivity contribution in [2.24, 2.45) is 11.8 Å². The van der Waals surface area contributed by atoms with E-state index in [0.29, 0.717) is 23.8 Å². The number of amides is 1. The minimum atomic E-state index is -0.314. The molecule has 1 fully saturated rings. The second kappa shape index (κ2) is 10.2. The van der Waals surface area contributed by atoms with Crippen LogP contribution in [0.1, 0.15) is 40.5 Å². The van der Waals surface area contributed by atoms with Gasteiger partial charge in [-0.25, -0.2) is 4.79 Å². The highest BCUT2D eigenvalue weighted by Crippen LogP contribution is 2.26. The van der Waals surface area contributed by atoms with Crippen LogP contribution in [-0.4, -0.2) is 61.4 Å². The Kier molecular flexibility index (Phi) is 8.28. The van der Waals surface area contributed by atoms with E-state index in [2.05, 4.69) is 29.4 Å². The van der Waals surface area contributed by atoms with E-state index in [1.165, 1.54) is 31.3 Å². The van der Waals surface area contributed by atoms with Gasteiger partial charge in [0.2, 0.25) is 5.91 Å². The Hall–Kier alpha value is -1.21. The van der Waals surface area contributed by atoms with Crippen molar-refractivity contribution < 1.29 is 14.3 Å². The zero-order valence-corrected chi connectivity index (χ0v) is 17.3. The third-order valence-corrected chi connectivity index (χ3v) is 6.06. The van der Waals surface area contributed by atoms with Crippen molar-refractivity contribution in [3.63, 3.8) is 0 Å². The fraction of sp³-hybridized carbons (Fsp3) is 0.789. The number of nitrogens with one attached hydrogen (secondary N) is 2. The van der Waals surface area contributed by atoms with Gasteiger partial charge in [0.15, 0.2) is 0 Å². The van der Waals surface area contributed by atoms with Crippen LogP contribution in [0.2, 0.25) is 0 Å². The highest BCUT2D eigenvalue weighted by atomic mass is 32.2. The van der Waals surface area contributed by atoms with Crippen molar-refractivity contribution in [3.05, 3.63) is 10.6 Å². The number of ether oxygens (including phenoxy) is 1. The van der Waals surface area contributed by atoms with E-state index < -0.39 is 0 Å². The third kappa shape index (κ3) is 6.20. The van der Waals surface area contributed by atoms with Crippen LogP contribution in [0.4, 0.5) is 0 Å². The Balaban J connectivity index is 1.70. The van der Waals surface area contributed by atoms with Crippen LogP contribution in [0, 0.1) is 11.8 Å². The molecule has 0 spiro atoms. The molecule has 1 saturated heterocycles. The lowest BCUT2D eigenvalue weighted by Crippen LogP contribution is -2.48. The van der Waals surface area contributed by atoms with Crippen molar-refractivity contribution in [2.45, 2.75) is 46.6 Å². The number of likely N-dealkylation sites (tertiary alicyclic amines) is 1. The normalized spacial score (nSPS) is 27.0. The van der Waals surface area contributed by atoms with Crippen LogP contribution in [0.15, 0.2) is 10.6 Å². The number of hydrogen-bond donors (Lipinski definition) is 2. The van der Waals surface area contributed by atoms with Crippen LogP contribution in [0.5, 0.6) is 0 Å². The highest BCUT2D eigenvalue weighted by Gasteiger charge is 2.28. The molecule has 0 radical (unpaired) electrons. The van der Waals surface area contributed by atoms with Gasteiger partial charge in [0.05, 0.1) is 6.61 Å². The van der Waals surface area contributed by atoms with Crippen molar-refractivity contribution in [2.75, 3.05) is 38.5 Å². The first kappa shape index (κ1) is 21.1. The predicted octanol–water partition coefficient (Wildman–Crippen LogP) is 1.97. The standard InChI is InChI=1S/C19H33N3O3S/c1-5-25-19(24)17-15(4)21-16(12-26-17)18(23)20-7-6-8-22-10-13(2)9-14(3)11-22/h13-14,16,21H,5-12H2,1-4H3,(H,20,23)/t13-,14+,16-/m0/s1. The Bertz CT molecular complexity index is 528. The molecule has 6 nitrogen and oxygen atoms in total. The molecule has 3 atom stereocenters. The zero-order valence-electron chi connectivity index (χ0n) is 16.5. The Morgan fingerprint density at radius 3 is 2.62 bits per heavy atom. The van der Waals surface area contributed by atoms with Gasteiger partial charge in [0, 0.05) is 31.1 Å². The molecule has 148 valence electrons. The van der Waals surface area contributed by atoms with E-state index in [-0.39, 0.29) is 17.9 Å². The van der Waals surface area contributed by atoms with E-state index in [9.17, 15) is 9.59 Å². The maximum absolute atomic E-state index is 12.4. The summed E-state index contributed by atoms with van der Waals surface area (Å²) in [7, 11) is 0. The number of esters is 1. The summed E-state index contributed by atoms with van der Waals surface area (Å²) in [5.41, 5.74) is 0.719. The number of hydrogen-bond acceptors (Lipinski definition) is 6. The van der Waals surface area contributed by atoms with Crippen LogP contribution in [-0.2, 0) is 14.3 Å². The fourth-order valence-corrected chi connectivity index (χ4v) is 4.83. The van der Waals surface area contributed by atoms with E-state index in [4.69, 9.17) is 4.74 Å². The number of rotatable bonds is 7. The van der Waals surface area contributed by atoms with Crippen molar-refractivity contribution in [3.8, 4) is 0 Å². The Morgan fingerprint density at radius 1 is 1.31 bits per heavy atom. The first-order chi connectivity index (χ1) is 12.4. The molecule has 0 aliphatic carbocycles. The largest absolute Gasteiger partial charge is 0.462 e. The monoisotopic (exact) mass is 383 g/mol. The summed E-state index contributed by atoms with van der Waals surface area (Å²) in [6.07, 6.45) is 2.28. The van der Waals surface area contributed by atoms with Gasteiger partial charge in [-0.3, -0.25) is 4.79 Å². The van der Waals surface area contributed by atoms with E-state index >= 15 is 0 Å². The third-order valence-electron chi connectivity index (χ3n) is 4.80. The molecule has 7 heteroatoms. The average molecular weight is 384 g/mol. The number of thioether (sulfide) groups is 1. The summed E-state index contributed by atoms with van der Waals surface area (Å²) in [6, 6.07) is -0.298. The summed E-state index contributed by atoms with van der Waals surface area (Å²) in [4.78, 5) is 27.3. The van der Waals surface area contributed by atoms with E-state index in [1.54, 1.807) is 6.92 Å². The predicted molar refractivity (Wildman–Crippen MR) is 106 cm³/mol. The quantitative estimate of drug-likeness (QED) is 0.517. The number of carbonyl (C=O) groups is 2. The first-order valence-electron chi connectivity index (χ1n) is 9.68. The smallest absolute Gasteiger partial charge is 0.346 e. The summed E-state index contributed by atoms with van der Waals surface area (Å²) in [5.74, 6) is 1.75. The Labute approximate surface area is 161 Å². The molecule has 0 aromatic rings. The molecule has 2 aliphatic heterocycles. The molecule has 0 unspecified atom stereocenters. The van der Waals surface area contributed by atoms with E-state index in [1.807, 2.05) is 6.92 Å². The van der Waals surface area contributed by atoms with Crippen molar-refractivity contribution in [1.82, 2.24) is 15.5 Å². The second-order valence-corrected chi connectivity index (χ2v) is 8.56. The second-order valence-electron chi connectivity index (χ2n) is 7.53. The van der Waals surface area contributed by atoms with Gasteiger partial charge in [0.25, 0.3) is 0 Å². The van der Waals surface area contributed by atoms with Gasteiger partial charge in [-0.1, -0.05) is 13.8 Å². The van der Waals surface area contributed by atoms with Crippen LogP contribution in [0.3, 0.4) is 0 Å². The molecule has 2 heterocycles. The molecule has 2 aliphatic rings. The molecule has 2 N–H and O–H groups in total. The van der Waals surface area contributed by atoms with Crippen LogP contribution >= 0.6 is 11.8 Å². The minimum Gasteiger partial charge on any atom is -0.462 e. The molecule has 0 aromatic carbocycles. The van der Waals surface area contributed by atoms with Gasteiger partial charge >= 0.3 is 5.97 Å². The lowest BCUT2D eigenvalue weighted by atomic mass is 9.92. The summed E-state index contributed by atoms with van der Waals surface area (Å²) in [6.45, 7) is 12.7. The first-order valence-corrected chi connectivity index (χ1v) is 10.7. The zero-order chi connectivity index (χ0) is 19.1. The molecule has 1 amide bonds. The van der Waals surface area contributed by atoms with Gasteiger partial charge < -0.3 is 20.3 Å². The number of piperidine rings is 1. The number of carbonyl (C=O) groups excluding carboxylic acids is 2. The molecular formula is C19H33N3O3S. The maximum Gasteiger partial charge on any atom is 0.346 e. The lowest BCUT2D eigenvalue weighted by molar-refractivity contribution is -0.137. The lowest BCUT2D eigenvalue weighted by Gasteiger charge is -2.35. The molecular weight excluding hydrogens is 350 g/mol. The highest BCUT2D eigenvalue weighted by molar-refractivity contribution is 8.04. The summed E-state index contributed by atoms with van der Waals surface area (Å²) >= 11 is 1.39. The van der Waals surface area contributed by atoms with Gasteiger partial charge in [-0.15, -0.1) is 11.8 Å². The number of nitrogens with zero attached hydrogens (tertiary/aromatic N) is 1. The molecule has 2 rings (SSSR count). The molecule has 26 heavy (non-hydrogen) atoms. The van der Waals surface area contributed by atoms with Gasteiger partial charge in [-0.05, 0) is 45.1 Å². The fourth-order valence-electron chi connectivity index (χ4n) is 3.81.